The average molecular weight is 122 g/mol. The van der Waals surface area contributed by atoms with Crippen LogP contribution in [-0.2, 0) is 0 Å². The van der Waals surface area contributed by atoms with Gasteiger partial charge in [0.15, 0.2) is 0 Å². The van der Waals surface area contributed by atoms with Crippen LogP contribution in [0.2, 0.25) is 0 Å². The molecule has 0 radical (unpaired) electrons. The van der Waals surface area contributed by atoms with Gasteiger partial charge in [-0.3, -0.25) is 0 Å². The Bertz CT molecular complexity index is 57.3. The Morgan fingerprint density at radius 3 is 1.89 bits per heavy atom. The van der Waals surface area contributed by atoms with Gasteiger partial charge >= 0.3 is 18.9 Å². The predicted molar refractivity (Wildman–Crippen MR) is 40.8 cm³/mol. The van der Waals surface area contributed by atoms with Crippen molar-refractivity contribution in [3.8, 4) is 0 Å². The van der Waals surface area contributed by atoms with E-state index in [1.165, 1.54) is 12.8 Å². The minimum atomic E-state index is 0. The Morgan fingerprint density at radius 2 is 1.56 bits per heavy atom. The molecule has 0 aliphatic heterocycles. The summed E-state index contributed by atoms with van der Waals surface area (Å²) < 4.78 is 0. The van der Waals surface area contributed by atoms with Crippen LogP contribution in [0, 0.1) is 5.92 Å². The van der Waals surface area contributed by atoms with E-state index in [0.29, 0.717) is 0 Å². The second kappa shape index (κ2) is 4.39. The molecule has 0 unspecified atom stereocenters. The molecule has 0 bridgehead atoms. The summed E-state index contributed by atoms with van der Waals surface area (Å²) in [5, 5.41) is 9.03. The Labute approximate surface area is 69.0 Å². The van der Waals surface area contributed by atoms with E-state index in [1.807, 2.05) is 0 Å². The number of rotatable bonds is 0. The Hall–Kier alpha value is 0.557. The third kappa shape index (κ3) is 3.30. The van der Waals surface area contributed by atoms with Crippen LogP contribution in [0.1, 0.15) is 32.6 Å². The first-order valence-corrected chi connectivity index (χ1v) is 3.47. The second-order valence-electron chi connectivity index (χ2n) is 2.91. The van der Waals surface area contributed by atoms with Crippen molar-refractivity contribution in [1.82, 2.24) is 0 Å². The van der Waals surface area contributed by atoms with Crippen molar-refractivity contribution >= 4 is 18.9 Å². The predicted octanol–water partition coefficient (Wildman–Crippen LogP) is 0.909. The van der Waals surface area contributed by atoms with E-state index in [2.05, 4.69) is 6.92 Å². The first-order chi connectivity index (χ1) is 3.79. The molecule has 1 aliphatic carbocycles. The van der Waals surface area contributed by atoms with Gasteiger partial charge < -0.3 is 5.11 Å². The van der Waals surface area contributed by atoms with Crippen molar-refractivity contribution in [1.29, 1.82) is 0 Å². The quantitative estimate of drug-likeness (QED) is 0.473. The van der Waals surface area contributed by atoms with Crippen LogP contribution in [0.15, 0.2) is 0 Å². The van der Waals surface area contributed by atoms with Crippen LogP contribution in [0.4, 0.5) is 0 Å². The van der Waals surface area contributed by atoms with Gasteiger partial charge in [-0.2, -0.15) is 0 Å². The Balaban J connectivity index is 0.000000640. The van der Waals surface area contributed by atoms with Gasteiger partial charge in [0.1, 0.15) is 0 Å². The molecule has 0 saturated heterocycles. The summed E-state index contributed by atoms with van der Waals surface area (Å²) >= 11 is 0. The van der Waals surface area contributed by atoms with Crippen molar-refractivity contribution in [2.24, 2.45) is 5.92 Å². The standard InChI is InChI=1S/C7H14O.Li.H/c1-6-2-4-7(8)5-3-6;;/h6-8H,2-5H2,1H3;;. The van der Waals surface area contributed by atoms with E-state index < -0.39 is 0 Å². The zero-order valence-electron chi connectivity index (χ0n) is 5.43. The van der Waals surface area contributed by atoms with Crippen LogP contribution in [0.25, 0.3) is 0 Å². The number of hydrogen-bond donors (Lipinski definition) is 1. The van der Waals surface area contributed by atoms with Gasteiger partial charge in [0.05, 0.1) is 6.10 Å². The molecule has 0 amide bonds. The molecule has 0 spiro atoms. The molecule has 1 aliphatic rings. The van der Waals surface area contributed by atoms with Crippen LogP contribution < -0.4 is 0 Å². The summed E-state index contributed by atoms with van der Waals surface area (Å²) in [5.41, 5.74) is 0. The fraction of sp³-hybridized carbons (Fsp3) is 1.00. The zero-order chi connectivity index (χ0) is 5.98. The van der Waals surface area contributed by atoms with Gasteiger partial charge in [-0.05, 0) is 31.6 Å². The van der Waals surface area contributed by atoms with Crippen molar-refractivity contribution in [3.05, 3.63) is 0 Å². The number of hydrogen-bond acceptors (Lipinski definition) is 1. The van der Waals surface area contributed by atoms with E-state index in [4.69, 9.17) is 5.11 Å². The van der Waals surface area contributed by atoms with Crippen LogP contribution in [0.3, 0.4) is 0 Å². The molecule has 1 fully saturated rings. The zero-order valence-corrected chi connectivity index (χ0v) is 5.43. The third-order valence-electron chi connectivity index (χ3n) is 1.99. The Kier molecular flexibility index (Phi) is 4.66. The maximum absolute atomic E-state index is 9.03. The minimum absolute atomic E-state index is 0. The van der Waals surface area contributed by atoms with E-state index >= 15 is 0 Å². The van der Waals surface area contributed by atoms with Gasteiger partial charge in [0.25, 0.3) is 0 Å². The van der Waals surface area contributed by atoms with Gasteiger partial charge in [-0.15, -0.1) is 0 Å². The maximum atomic E-state index is 9.03. The summed E-state index contributed by atoms with van der Waals surface area (Å²) in [6.07, 6.45) is 4.52. The topological polar surface area (TPSA) is 20.2 Å². The summed E-state index contributed by atoms with van der Waals surface area (Å²) in [4.78, 5) is 0. The molecular formula is C7H15LiO. The van der Waals surface area contributed by atoms with Crippen molar-refractivity contribution < 1.29 is 5.11 Å². The first kappa shape index (κ1) is 9.56. The monoisotopic (exact) mass is 122 g/mol. The van der Waals surface area contributed by atoms with Crippen molar-refractivity contribution in [2.45, 2.75) is 38.7 Å². The number of aliphatic hydroxyl groups is 1. The molecule has 1 saturated carbocycles. The molecule has 1 N–H and O–H groups in total. The van der Waals surface area contributed by atoms with E-state index in [0.717, 1.165) is 18.8 Å². The van der Waals surface area contributed by atoms with Crippen LogP contribution in [-0.4, -0.2) is 30.1 Å². The number of aliphatic hydroxyl groups excluding tert-OH is 1. The second-order valence-corrected chi connectivity index (χ2v) is 2.91. The molecule has 0 aromatic heterocycles. The molecule has 0 aromatic carbocycles. The Morgan fingerprint density at radius 1 is 1.11 bits per heavy atom. The molecule has 1 nitrogen and oxygen atoms in total. The molecule has 0 aromatic rings. The fourth-order valence-corrected chi connectivity index (χ4v) is 1.24. The van der Waals surface area contributed by atoms with Gasteiger partial charge in [-0.1, -0.05) is 6.92 Å². The average Bonchev–Trinajstić information content (AvgIpc) is 1.77. The summed E-state index contributed by atoms with van der Waals surface area (Å²) in [7, 11) is 0. The van der Waals surface area contributed by atoms with Gasteiger partial charge in [0.2, 0.25) is 0 Å². The molecular weight excluding hydrogens is 107 g/mol. The molecule has 0 atom stereocenters. The molecule has 1 rings (SSSR count). The molecule has 0 heterocycles. The van der Waals surface area contributed by atoms with E-state index in [-0.39, 0.29) is 25.0 Å². The van der Waals surface area contributed by atoms with Crippen LogP contribution >= 0.6 is 0 Å². The molecule has 2 heteroatoms. The van der Waals surface area contributed by atoms with Gasteiger partial charge in [-0.25, -0.2) is 0 Å². The van der Waals surface area contributed by atoms with E-state index in [9.17, 15) is 0 Å². The van der Waals surface area contributed by atoms with Gasteiger partial charge in [0, 0.05) is 0 Å². The fourth-order valence-electron chi connectivity index (χ4n) is 1.24. The summed E-state index contributed by atoms with van der Waals surface area (Å²) in [6, 6.07) is 0. The molecule has 9 heavy (non-hydrogen) atoms. The summed E-state index contributed by atoms with van der Waals surface area (Å²) in [5.74, 6) is 0.860. The van der Waals surface area contributed by atoms with E-state index in [1.54, 1.807) is 0 Å². The van der Waals surface area contributed by atoms with Crippen LogP contribution in [0.5, 0.6) is 0 Å². The summed E-state index contributed by atoms with van der Waals surface area (Å²) in [6.45, 7) is 2.26. The molecule has 50 valence electrons. The van der Waals surface area contributed by atoms with Crippen molar-refractivity contribution in [2.75, 3.05) is 0 Å². The first-order valence-electron chi connectivity index (χ1n) is 3.47. The SMILES string of the molecule is CC1CCC(O)CC1.[LiH]. The normalized spacial score (nSPS) is 35.3. The van der Waals surface area contributed by atoms with Crippen molar-refractivity contribution in [3.63, 3.8) is 0 Å². The third-order valence-corrected chi connectivity index (χ3v) is 1.99.